The fourth-order valence-corrected chi connectivity index (χ4v) is 2.80. The SMILES string of the molecule is CC(=O)Nc1ccc(C)c(NC(=O)N2CCN(c3ncccn3)CC2)c1. The van der Waals surface area contributed by atoms with Crippen LogP contribution in [0.2, 0.25) is 0 Å². The number of hydrogen-bond acceptors (Lipinski definition) is 5. The molecule has 1 fully saturated rings. The van der Waals surface area contributed by atoms with Crippen LogP contribution in [0.25, 0.3) is 0 Å². The molecular formula is C18H22N6O2. The van der Waals surface area contributed by atoms with Crippen LogP contribution in [-0.4, -0.2) is 53.0 Å². The predicted octanol–water partition coefficient (Wildman–Crippen LogP) is 2.10. The standard InChI is InChI=1S/C18H22N6O2/c1-13-4-5-15(21-14(2)25)12-16(13)22-18(26)24-10-8-23(9-11-24)17-19-6-3-7-20-17/h3-7,12H,8-11H2,1-2H3,(H,21,25)(H,22,26). The Hall–Kier alpha value is -3.16. The van der Waals surface area contributed by atoms with E-state index in [1.54, 1.807) is 29.4 Å². The molecule has 1 aromatic heterocycles. The average Bonchev–Trinajstić information content (AvgIpc) is 2.65. The maximum absolute atomic E-state index is 12.6. The van der Waals surface area contributed by atoms with Crippen LogP contribution >= 0.6 is 0 Å². The van der Waals surface area contributed by atoms with Crippen molar-refractivity contribution in [3.05, 3.63) is 42.2 Å². The van der Waals surface area contributed by atoms with Crippen LogP contribution in [0.5, 0.6) is 0 Å². The van der Waals surface area contributed by atoms with E-state index >= 15 is 0 Å². The van der Waals surface area contributed by atoms with Gasteiger partial charge in [0.05, 0.1) is 0 Å². The lowest BCUT2D eigenvalue weighted by atomic mass is 10.2. The van der Waals surface area contributed by atoms with Crippen LogP contribution < -0.4 is 15.5 Å². The molecular weight excluding hydrogens is 332 g/mol. The Morgan fingerprint density at radius 3 is 2.38 bits per heavy atom. The molecule has 1 aliphatic heterocycles. The van der Waals surface area contributed by atoms with Gasteiger partial charge in [-0.1, -0.05) is 6.07 Å². The van der Waals surface area contributed by atoms with Gasteiger partial charge in [-0.3, -0.25) is 4.79 Å². The molecule has 8 nitrogen and oxygen atoms in total. The van der Waals surface area contributed by atoms with Crippen molar-refractivity contribution >= 4 is 29.3 Å². The van der Waals surface area contributed by atoms with Gasteiger partial charge in [0.1, 0.15) is 0 Å². The van der Waals surface area contributed by atoms with Crippen molar-refractivity contribution in [3.63, 3.8) is 0 Å². The largest absolute Gasteiger partial charge is 0.337 e. The highest BCUT2D eigenvalue weighted by atomic mass is 16.2. The first-order chi connectivity index (χ1) is 12.5. The summed E-state index contributed by atoms with van der Waals surface area (Å²) in [7, 11) is 0. The average molecular weight is 354 g/mol. The van der Waals surface area contributed by atoms with E-state index in [0.717, 1.165) is 5.56 Å². The number of piperazine rings is 1. The van der Waals surface area contributed by atoms with Gasteiger partial charge in [-0.15, -0.1) is 0 Å². The van der Waals surface area contributed by atoms with Gasteiger partial charge in [0.2, 0.25) is 11.9 Å². The van der Waals surface area contributed by atoms with E-state index in [-0.39, 0.29) is 11.9 Å². The molecule has 0 unspecified atom stereocenters. The normalized spacial score (nSPS) is 14.1. The Morgan fingerprint density at radius 1 is 1.04 bits per heavy atom. The molecule has 3 amide bonds. The quantitative estimate of drug-likeness (QED) is 0.881. The highest BCUT2D eigenvalue weighted by Crippen LogP contribution is 2.21. The molecule has 2 heterocycles. The number of rotatable bonds is 3. The maximum atomic E-state index is 12.6. The third-order valence-corrected chi connectivity index (χ3v) is 4.20. The zero-order chi connectivity index (χ0) is 18.5. The lowest BCUT2D eigenvalue weighted by Crippen LogP contribution is -2.50. The molecule has 0 bridgehead atoms. The highest BCUT2D eigenvalue weighted by Gasteiger charge is 2.22. The van der Waals surface area contributed by atoms with E-state index in [4.69, 9.17) is 0 Å². The fraction of sp³-hybridized carbons (Fsp3) is 0.333. The number of amides is 3. The van der Waals surface area contributed by atoms with E-state index in [1.807, 2.05) is 19.1 Å². The van der Waals surface area contributed by atoms with Crippen molar-refractivity contribution < 1.29 is 9.59 Å². The van der Waals surface area contributed by atoms with Crippen LogP contribution in [0, 0.1) is 6.92 Å². The minimum absolute atomic E-state index is 0.148. The predicted molar refractivity (Wildman–Crippen MR) is 100 cm³/mol. The number of benzene rings is 1. The topological polar surface area (TPSA) is 90.5 Å². The van der Waals surface area contributed by atoms with E-state index < -0.39 is 0 Å². The van der Waals surface area contributed by atoms with Crippen LogP contribution in [-0.2, 0) is 4.79 Å². The summed E-state index contributed by atoms with van der Waals surface area (Å²) < 4.78 is 0. The first kappa shape index (κ1) is 17.7. The lowest BCUT2D eigenvalue weighted by Gasteiger charge is -2.34. The van der Waals surface area contributed by atoms with Gasteiger partial charge in [0.25, 0.3) is 0 Å². The van der Waals surface area contributed by atoms with Gasteiger partial charge in [0.15, 0.2) is 0 Å². The Labute approximate surface area is 152 Å². The third kappa shape index (κ3) is 4.27. The third-order valence-electron chi connectivity index (χ3n) is 4.20. The van der Waals surface area contributed by atoms with Crippen molar-refractivity contribution in [1.29, 1.82) is 0 Å². The molecule has 1 saturated heterocycles. The van der Waals surface area contributed by atoms with Gasteiger partial charge < -0.3 is 20.4 Å². The van der Waals surface area contributed by atoms with Crippen LogP contribution in [0.1, 0.15) is 12.5 Å². The smallest absolute Gasteiger partial charge is 0.321 e. The summed E-state index contributed by atoms with van der Waals surface area (Å²) in [6.45, 7) is 5.92. The first-order valence-electron chi connectivity index (χ1n) is 8.49. The summed E-state index contributed by atoms with van der Waals surface area (Å²) in [5, 5.41) is 5.66. The molecule has 3 rings (SSSR count). The molecule has 0 atom stereocenters. The van der Waals surface area contributed by atoms with Crippen molar-refractivity contribution in [2.75, 3.05) is 41.7 Å². The monoisotopic (exact) mass is 354 g/mol. The van der Waals surface area contributed by atoms with Gasteiger partial charge in [-0.25, -0.2) is 14.8 Å². The van der Waals surface area contributed by atoms with Gasteiger partial charge in [-0.2, -0.15) is 0 Å². The minimum atomic E-state index is -0.151. The Balaban J connectivity index is 1.60. The number of anilines is 3. The molecule has 0 aliphatic carbocycles. The molecule has 8 heteroatoms. The van der Waals surface area contributed by atoms with Crippen LogP contribution in [0.15, 0.2) is 36.7 Å². The number of carbonyl (C=O) groups is 2. The number of urea groups is 1. The van der Waals surface area contributed by atoms with E-state index in [0.29, 0.717) is 43.5 Å². The number of hydrogen-bond donors (Lipinski definition) is 2. The molecule has 0 saturated carbocycles. The summed E-state index contributed by atoms with van der Waals surface area (Å²) in [5.41, 5.74) is 2.28. The van der Waals surface area contributed by atoms with E-state index in [9.17, 15) is 9.59 Å². The second-order valence-corrected chi connectivity index (χ2v) is 6.16. The molecule has 2 aromatic rings. The second kappa shape index (κ2) is 7.81. The van der Waals surface area contributed by atoms with Crippen molar-refractivity contribution in [2.24, 2.45) is 0 Å². The number of nitrogens with one attached hydrogen (secondary N) is 2. The fourth-order valence-electron chi connectivity index (χ4n) is 2.80. The molecule has 1 aliphatic rings. The number of aryl methyl sites for hydroxylation is 1. The summed E-state index contributed by atoms with van der Waals surface area (Å²) in [6, 6.07) is 7.07. The Morgan fingerprint density at radius 2 is 1.73 bits per heavy atom. The molecule has 1 aromatic carbocycles. The van der Waals surface area contributed by atoms with Crippen LogP contribution in [0.4, 0.5) is 22.1 Å². The highest BCUT2D eigenvalue weighted by molar-refractivity contribution is 5.93. The van der Waals surface area contributed by atoms with E-state index in [2.05, 4.69) is 25.5 Å². The Bertz CT molecular complexity index is 788. The zero-order valence-electron chi connectivity index (χ0n) is 14.9. The summed E-state index contributed by atoms with van der Waals surface area (Å²) in [4.78, 5) is 36.1. The van der Waals surface area contributed by atoms with Crippen molar-refractivity contribution in [1.82, 2.24) is 14.9 Å². The summed E-state index contributed by atoms with van der Waals surface area (Å²) in [6.07, 6.45) is 3.43. The lowest BCUT2D eigenvalue weighted by molar-refractivity contribution is -0.114. The minimum Gasteiger partial charge on any atom is -0.337 e. The number of aromatic nitrogens is 2. The second-order valence-electron chi connectivity index (χ2n) is 6.16. The maximum Gasteiger partial charge on any atom is 0.321 e. The molecule has 0 spiro atoms. The van der Waals surface area contributed by atoms with Gasteiger partial charge in [0, 0.05) is 56.9 Å². The molecule has 2 N–H and O–H groups in total. The summed E-state index contributed by atoms with van der Waals surface area (Å²) in [5.74, 6) is 0.539. The van der Waals surface area contributed by atoms with Crippen molar-refractivity contribution in [2.45, 2.75) is 13.8 Å². The van der Waals surface area contributed by atoms with Gasteiger partial charge in [-0.05, 0) is 30.7 Å². The van der Waals surface area contributed by atoms with Gasteiger partial charge >= 0.3 is 6.03 Å². The van der Waals surface area contributed by atoms with E-state index in [1.165, 1.54) is 6.92 Å². The number of carbonyl (C=O) groups excluding carboxylic acids is 2. The molecule has 26 heavy (non-hydrogen) atoms. The van der Waals surface area contributed by atoms with Crippen molar-refractivity contribution in [3.8, 4) is 0 Å². The molecule has 0 radical (unpaired) electrons. The van der Waals surface area contributed by atoms with Crippen LogP contribution in [0.3, 0.4) is 0 Å². The summed E-state index contributed by atoms with van der Waals surface area (Å²) >= 11 is 0. The Kier molecular flexibility index (Phi) is 5.31. The zero-order valence-corrected chi connectivity index (χ0v) is 14.9. The molecule has 136 valence electrons. The first-order valence-corrected chi connectivity index (χ1v) is 8.49. The number of nitrogens with zero attached hydrogens (tertiary/aromatic N) is 4.